The second-order valence-corrected chi connectivity index (χ2v) is 11.4. The maximum atomic E-state index is 6.26. The minimum Gasteiger partial charge on any atom is -0.492 e. The number of likely N-dealkylation sites (tertiary alicyclic amines) is 2. The van der Waals surface area contributed by atoms with Gasteiger partial charge in [0.05, 0.1) is 18.7 Å². The van der Waals surface area contributed by atoms with Crippen LogP contribution >= 0.6 is 0 Å². The summed E-state index contributed by atoms with van der Waals surface area (Å²) in [5.74, 6) is 3.02. The molecule has 0 N–H and O–H groups in total. The fourth-order valence-electron chi connectivity index (χ4n) is 6.65. The fraction of sp³-hybridized carbons (Fsp3) is 0.750. The molecule has 0 aromatic heterocycles. The summed E-state index contributed by atoms with van der Waals surface area (Å²) in [7, 11) is 0. The molecule has 3 saturated heterocycles. The van der Waals surface area contributed by atoms with Crippen molar-refractivity contribution in [3.8, 4) is 5.75 Å². The van der Waals surface area contributed by atoms with Crippen molar-refractivity contribution >= 4 is 11.5 Å². The lowest BCUT2D eigenvalue weighted by atomic mass is 9.88. The van der Waals surface area contributed by atoms with E-state index in [4.69, 9.17) is 9.57 Å². The van der Waals surface area contributed by atoms with E-state index in [1.54, 1.807) is 5.56 Å². The number of rotatable bonds is 6. The van der Waals surface area contributed by atoms with Gasteiger partial charge < -0.3 is 19.4 Å². The Labute approximate surface area is 205 Å². The second kappa shape index (κ2) is 9.25. The summed E-state index contributed by atoms with van der Waals surface area (Å²) in [6, 6.07) is 5.43. The molecule has 1 unspecified atom stereocenters. The third kappa shape index (κ3) is 4.38. The van der Waals surface area contributed by atoms with Gasteiger partial charge in [0.1, 0.15) is 11.6 Å². The minimum atomic E-state index is -0.0949. The Morgan fingerprint density at radius 2 is 1.82 bits per heavy atom. The van der Waals surface area contributed by atoms with Crippen LogP contribution in [-0.2, 0) is 11.4 Å². The van der Waals surface area contributed by atoms with E-state index in [9.17, 15) is 0 Å². The lowest BCUT2D eigenvalue weighted by Gasteiger charge is -2.46. The van der Waals surface area contributed by atoms with Crippen LogP contribution in [0, 0.1) is 0 Å². The summed E-state index contributed by atoms with van der Waals surface area (Å²) >= 11 is 0. The van der Waals surface area contributed by atoms with Crippen LogP contribution in [0.1, 0.15) is 88.7 Å². The van der Waals surface area contributed by atoms with Gasteiger partial charge in [-0.15, -0.1) is 0 Å². The lowest BCUT2D eigenvalue weighted by molar-refractivity contribution is -0.128. The van der Waals surface area contributed by atoms with Crippen molar-refractivity contribution in [2.24, 2.45) is 5.16 Å². The van der Waals surface area contributed by atoms with E-state index in [-0.39, 0.29) is 5.60 Å². The van der Waals surface area contributed by atoms with Crippen molar-refractivity contribution in [1.29, 1.82) is 0 Å². The number of oxime groups is 1. The van der Waals surface area contributed by atoms with Crippen LogP contribution < -0.4 is 9.64 Å². The number of hydrogen-bond acceptors (Lipinski definition) is 6. The number of piperidine rings is 2. The summed E-state index contributed by atoms with van der Waals surface area (Å²) in [6.45, 7) is 11.6. The van der Waals surface area contributed by atoms with Crippen LogP contribution in [0.25, 0.3) is 0 Å². The zero-order valence-corrected chi connectivity index (χ0v) is 21.2. The third-order valence-corrected chi connectivity index (χ3v) is 8.54. The monoisotopic (exact) mass is 466 g/mol. The van der Waals surface area contributed by atoms with E-state index in [0.29, 0.717) is 6.04 Å². The van der Waals surface area contributed by atoms with Gasteiger partial charge in [-0.25, -0.2) is 0 Å². The normalized spacial score (nSPS) is 26.9. The molecular weight excluding hydrogens is 424 g/mol. The highest BCUT2D eigenvalue weighted by Gasteiger charge is 2.51. The zero-order valence-electron chi connectivity index (χ0n) is 21.2. The SMILES string of the molecule is CCOc1cc(CN2CC3(CC(N4CCCCC4C)=NO3)C2)cc(C2CC2)c1N1CCCCC1. The lowest BCUT2D eigenvalue weighted by Crippen LogP contribution is -2.61. The predicted molar refractivity (Wildman–Crippen MR) is 137 cm³/mol. The highest BCUT2D eigenvalue weighted by Crippen LogP contribution is 2.49. The van der Waals surface area contributed by atoms with Gasteiger partial charge in [-0.2, -0.15) is 0 Å². The maximum Gasteiger partial charge on any atom is 0.170 e. The molecule has 1 saturated carbocycles. The molecule has 1 atom stereocenters. The summed E-state index contributed by atoms with van der Waals surface area (Å²) in [4.78, 5) is 13.7. The maximum absolute atomic E-state index is 6.26. The molecule has 1 aromatic carbocycles. The molecule has 0 radical (unpaired) electrons. The Kier molecular flexibility index (Phi) is 6.13. The first kappa shape index (κ1) is 22.5. The molecule has 1 aromatic rings. The van der Waals surface area contributed by atoms with Gasteiger partial charge in [-0.3, -0.25) is 4.90 Å². The zero-order chi connectivity index (χ0) is 23.1. The van der Waals surface area contributed by atoms with Gasteiger partial charge in [0, 0.05) is 45.3 Å². The Bertz CT molecular complexity index is 915. The second-order valence-electron chi connectivity index (χ2n) is 11.4. The van der Waals surface area contributed by atoms with Gasteiger partial charge in [-0.05, 0) is 88.3 Å². The van der Waals surface area contributed by atoms with Crippen LogP contribution in [0.15, 0.2) is 17.3 Å². The molecule has 186 valence electrons. The van der Waals surface area contributed by atoms with Gasteiger partial charge in [0.15, 0.2) is 5.60 Å². The Hall–Kier alpha value is -1.95. The number of nitrogens with zero attached hydrogens (tertiary/aromatic N) is 4. The smallest absolute Gasteiger partial charge is 0.170 e. The molecule has 4 heterocycles. The molecule has 34 heavy (non-hydrogen) atoms. The standard InChI is InChI=1S/C28H42N4O2/c1-3-33-25-16-22(15-24(23-10-11-23)27(25)31-12-6-4-7-13-31)18-30-19-28(20-30)17-26(29-34-28)32-14-8-5-9-21(32)2/h15-16,21,23H,3-14,17-20H2,1-2H3. The van der Waals surface area contributed by atoms with Crippen molar-refractivity contribution in [3.63, 3.8) is 0 Å². The topological polar surface area (TPSA) is 40.5 Å². The van der Waals surface area contributed by atoms with E-state index in [1.807, 2.05) is 0 Å². The summed E-state index contributed by atoms with van der Waals surface area (Å²) in [6.07, 6.45) is 11.5. The van der Waals surface area contributed by atoms with E-state index in [0.717, 1.165) is 50.9 Å². The Morgan fingerprint density at radius 1 is 1.03 bits per heavy atom. The molecule has 1 spiro atoms. The van der Waals surface area contributed by atoms with Crippen molar-refractivity contribution in [3.05, 3.63) is 23.3 Å². The number of benzene rings is 1. The molecule has 0 amide bonds. The van der Waals surface area contributed by atoms with Gasteiger partial charge in [0.25, 0.3) is 0 Å². The van der Waals surface area contributed by atoms with Gasteiger partial charge in [0.2, 0.25) is 0 Å². The molecule has 0 bridgehead atoms. The average Bonchev–Trinajstić information content (AvgIpc) is 3.59. The first-order valence-electron chi connectivity index (χ1n) is 13.9. The molecule has 4 fully saturated rings. The quantitative estimate of drug-likeness (QED) is 0.582. The molecular formula is C28H42N4O2. The number of hydrogen-bond donors (Lipinski definition) is 0. The highest BCUT2D eigenvalue weighted by atomic mass is 16.7. The van der Waals surface area contributed by atoms with Gasteiger partial charge in [-0.1, -0.05) is 11.2 Å². The molecule has 6 nitrogen and oxygen atoms in total. The van der Waals surface area contributed by atoms with Crippen molar-refractivity contribution in [1.82, 2.24) is 9.80 Å². The first-order valence-corrected chi connectivity index (χ1v) is 13.9. The van der Waals surface area contributed by atoms with Crippen LogP contribution in [0.2, 0.25) is 0 Å². The summed E-state index contributed by atoms with van der Waals surface area (Å²) in [5.41, 5.74) is 4.24. The van der Waals surface area contributed by atoms with E-state index >= 15 is 0 Å². The van der Waals surface area contributed by atoms with Crippen molar-refractivity contribution in [2.45, 2.75) is 95.7 Å². The molecule has 5 aliphatic rings. The largest absolute Gasteiger partial charge is 0.492 e. The average molecular weight is 467 g/mol. The molecule has 1 aliphatic carbocycles. The summed E-state index contributed by atoms with van der Waals surface area (Å²) in [5, 5.41) is 4.56. The van der Waals surface area contributed by atoms with E-state index < -0.39 is 0 Å². The Balaban J connectivity index is 1.14. The molecule has 6 rings (SSSR count). The first-order chi connectivity index (χ1) is 16.6. The molecule has 4 aliphatic heterocycles. The van der Waals surface area contributed by atoms with Gasteiger partial charge >= 0.3 is 0 Å². The van der Waals surface area contributed by atoms with Crippen LogP contribution in [-0.4, -0.2) is 66.6 Å². The fourth-order valence-corrected chi connectivity index (χ4v) is 6.65. The van der Waals surface area contributed by atoms with Crippen LogP contribution in [0.5, 0.6) is 5.75 Å². The number of ether oxygens (including phenoxy) is 1. The van der Waals surface area contributed by atoms with Crippen molar-refractivity contribution < 1.29 is 9.57 Å². The number of anilines is 1. The van der Waals surface area contributed by atoms with Crippen LogP contribution in [0.4, 0.5) is 5.69 Å². The summed E-state index contributed by atoms with van der Waals surface area (Å²) < 4.78 is 6.26. The molecule has 6 heteroatoms. The predicted octanol–water partition coefficient (Wildman–Crippen LogP) is 5.12. The minimum absolute atomic E-state index is 0.0949. The Morgan fingerprint density at radius 3 is 2.56 bits per heavy atom. The van der Waals surface area contributed by atoms with E-state index in [2.05, 4.69) is 45.8 Å². The third-order valence-electron chi connectivity index (χ3n) is 8.54. The number of amidine groups is 1. The van der Waals surface area contributed by atoms with Crippen LogP contribution in [0.3, 0.4) is 0 Å². The van der Waals surface area contributed by atoms with Crippen molar-refractivity contribution in [2.75, 3.05) is 44.2 Å². The van der Waals surface area contributed by atoms with E-state index in [1.165, 1.54) is 81.5 Å². The highest BCUT2D eigenvalue weighted by molar-refractivity contribution is 5.84.